The molecule has 0 bridgehead atoms. The Morgan fingerprint density at radius 1 is 1.19 bits per heavy atom. The van der Waals surface area contributed by atoms with Crippen LogP contribution in [-0.4, -0.2) is 27.9 Å². The Labute approximate surface area is 173 Å². The first-order valence-corrected chi connectivity index (χ1v) is 9.94. The van der Waals surface area contributed by atoms with Crippen LogP contribution in [0.1, 0.15) is 19.8 Å². The van der Waals surface area contributed by atoms with Crippen molar-refractivity contribution < 1.29 is 14.3 Å². The average molecular weight is 495 g/mol. The van der Waals surface area contributed by atoms with Crippen LogP contribution in [0.5, 0.6) is 0 Å². The summed E-state index contributed by atoms with van der Waals surface area (Å²) in [5.74, 6) is -0.607. The lowest BCUT2D eigenvalue weighted by Crippen LogP contribution is -2.14. The number of anilines is 1. The van der Waals surface area contributed by atoms with Gasteiger partial charge in [0.25, 0.3) is 0 Å². The van der Waals surface area contributed by atoms with Gasteiger partial charge in [0.2, 0.25) is 5.91 Å². The average Bonchev–Trinajstić information content (AvgIpc) is 3.05. The molecule has 6 nitrogen and oxygen atoms in total. The molecule has 0 saturated heterocycles. The van der Waals surface area contributed by atoms with Crippen LogP contribution in [0.25, 0.3) is 16.9 Å². The van der Waals surface area contributed by atoms with Gasteiger partial charge < -0.3 is 14.5 Å². The normalized spacial score (nSPS) is 10.8. The van der Waals surface area contributed by atoms with Crippen molar-refractivity contribution in [1.82, 2.24) is 9.38 Å². The monoisotopic (exact) mass is 493 g/mol. The Morgan fingerprint density at radius 2 is 2.00 bits per heavy atom. The number of pyridine rings is 1. The maximum absolute atomic E-state index is 12.0. The number of amides is 1. The van der Waals surface area contributed by atoms with Gasteiger partial charge in [-0.25, -0.2) is 4.98 Å². The van der Waals surface area contributed by atoms with Crippen LogP contribution in [0.3, 0.4) is 0 Å². The van der Waals surface area contributed by atoms with Crippen molar-refractivity contribution in [2.75, 3.05) is 11.9 Å². The lowest BCUT2D eigenvalue weighted by atomic mass is 10.1. The summed E-state index contributed by atoms with van der Waals surface area (Å²) >= 11 is 6.98. The molecule has 0 aliphatic rings. The van der Waals surface area contributed by atoms with Gasteiger partial charge in [0.1, 0.15) is 0 Å². The Kier molecular flexibility index (Phi) is 6.28. The minimum Gasteiger partial charge on any atom is -0.466 e. The van der Waals surface area contributed by atoms with Gasteiger partial charge in [-0.05, 0) is 57.0 Å². The number of rotatable bonds is 6. The van der Waals surface area contributed by atoms with Crippen LogP contribution in [-0.2, 0) is 14.3 Å². The highest BCUT2D eigenvalue weighted by atomic mass is 79.9. The fourth-order valence-corrected chi connectivity index (χ4v) is 3.89. The highest BCUT2D eigenvalue weighted by Gasteiger charge is 2.11. The molecule has 140 valence electrons. The molecule has 1 amide bonds. The Balaban J connectivity index is 1.75. The predicted molar refractivity (Wildman–Crippen MR) is 111 cm³/mol. The number of fused-ring (bicyclic) bond motifs is 1. The number of esters is 1. The number of hydrogen-bond donors (Lipinski definition) is 1. The molecule has 1 aromatic carbocycles. The molecule has 0 aliphatic carbocycles. The van der Waals surface area contributed by atoms with E-state index in [4.69, 9.17) is 4.74 Å². The summed E-state index contributed by atoms with van der Waals surface area (Å²) in [6, 6.07) is 9.37. The molecule has 3 rings (SSSR count). The van der Waals surface area contributed by atoms with Crippen LogP contribution >= 0.6 is 31.9 Å². The molecule has 1 N–H and O–H groups in total. The summed E-state index contributed by atoms with van der Waals surface area (Å²) in [6.07, 6.45) is 4.00. The molecule has 8 heteroatoms. The van der Waals surface area contributed by atoms with E-state index in [1.807, 2.05) is 41.1 Å². The van der Waals surface area contributed by atoms with E-state index in [1.54, 1.807) is 13.0 Å². The lowest BCUT2D eigenvalue weighted by Gasteiger charge is -2.06. The first kappa shape index (κ1) is 19.6. The molecule has 0 radical (unpaired) electrons. The number of ether oxygens (including phenoxy) is 1. The van der Waals surface area contributed by atoms with E-state index in [0.717, 1.165) is 25.8 Å². The summed E-state index contributed by atoms with van der Waals surface area (Å²) in [6.45, 7) is 2.05. The minimum absolute atomic E-state index is 0.0642. The van der Waals surface area contributed by atoms with Crippen molar-refractivity contribution in [3.05, 3.63) is 51.7 Å². The third kappa shape index (κ3) is 4.95. The van der Waals surface area contributed by atoms with E-state index in [1.165, 1.54) is 0 Å². The zero-order valence-corrected chi connectivity index (χ0v) is 17.7. The van der Waals surface area contributed by atoms with E-state index >= 15 is 0 Å². The van der Waals surface area contributed by atoms with Crippen LogP contribution in [0, 0.1) is 0 Å². The van der Waals surface area contributed by atoms with E-state index < -0.39 is 0 Å². The molecule has 0 saturated carbocycles. The molecular formula is C19H17Br2N3O3. The Hall–Kier alpha value is -2.19. The topological polar surface area (TPSA) is 72.7 Å². The number of imidazole rings is 1. The van der Waals surface area contributed by atoms with Gasteiger partial charge in [0, 0.05) is 34.5 Å². The van der Waals surface area contributed by atoms with Crippen LogP contribution < -0.4 is 5.32 Å². The van der Waals surface area contributed by atoms with Crippen molar-refractivity contribution in [1.29, 1.82) is 0 Å². The number of hydrogen-bond acceptors (Lipinski definition) is 4. The van der Waals surface area contributed by atoms with Gasteiger partial charge >= 0.3 is 5.97 Å². The van der Waals surface area contributed by atoms with E-state index in [-0.39, 0.29) is 24.7 Å². The number of nitrogens with one attached hydrogen (secondary N) is 1. The number of carbonyl (C=O) groups is 2. The van der Waals surface area contributed by atoms with Crippen molar-refractivity contribution in [2.24, 2.45) is 0 Å². The summed E-state index contributed by atoms with van der Waals surface area (Å²) in [7, 11) is 0. The smallest absolute Gasteiger partial charge is 0.306 e. The predicted octanol–water partition coefficient (Wildman–Crippen LogP) is 4.81. The number of nitrogens with zero attached hydrogens (tertiary/aromatic N) is 2. The summed E-state index contributed by atoms with van der Waals surface area (Å²) in [4.78, 5) is 28.0. The van der Waals surface area contributed by atoms with Crippen LogP contribution in [0.4, 0.5) is 5.69 Å². The molecule has 0 aliphatic heterocycles. The van der Waals surface area contributed by atoms with Gasteiger partial charge in [-0.1, -0.05) is 12.1 Å². The highest BCUT2D eigenvalue weighted by molar-refractivity contribution is 9.11. The van der Waals surface area contributed by atoms with Gasteiger partial charge in [-0.15, -0.1) is 0 Å². The molecular weight excluding hydrogens is 478 g/mol. The first-order chi connectivity index (χ1) is 13.0. The second kappa shape index (κ2) is 8.67. The van der Waals surface area contributed by atoms with Gasteiger partial charge in [-0.3, -0.25) is 9.59 Å². The number of benzene rings is 1. The second-order valence-electron chi connectivity index (χ2n) is 5.80. The van der Waals surface area contributed by atoms with Crippen molar-refractivity contribution >= 4 is 55.1 Å². The quantitative estimate of drug-likeness (QED) is 0.499. The molecule has 27 heavy (non-hydrogen) atoms. The SMILES string of the molecule is CCOC(=O)CCC(=O)Nc1cccc(-c2cn3cc(Br)cc(Br)c3n2)c1. The van der Waals surface area contributed by atoms with E-state index in [0.29, 0.717) is 12.3 Å². The van der Waals surface area contributed by atoms with Crippen LogP contribution in [0.15, 0.2) is 51.7 Å². The zero-order chi connectivity index (χ0) is 19.4. The third-order valence-electron chi connectivity index (χ3n) is 3.78. The molecule has 3 aromatic rings. The zero-order valence-electron chi connectivity index (χ0n) is 14.5. The van der Waals surface area contributed by atoms with Gasteiger partial charge in [0.15, 0.2) is 5.65 Å². The Morgan fingerprint density at radius 3 is 2.78 bits per heavy atom. The van der Waals surface area contributed by atoms with Crippen LogP contribution in [0.2, 0.25) is 0 Å². The molecule has 0 unspecified atom stereocenters. The number of carbonyl (C=O) groups excluding carboxylic acids is 2. The lowest BCUT2D eigenvalue weighted by molar-refractivity contribution is -0.144. The van der Waals surface area contributed by atoms with Crippen molar-refractivity contribution in [2.45, 2.75) is 19.8 Å². The van der Waals surface area contributed by atoms with Crippen molar-refractivity contribution in [3.63, 3.8) is 0 Å². The minimum atomic E-state index is -0.372. The van der Waals surface area contributed by atoms with Gasteiger partial charge in [-0.2, -0.15) is 0 Å². The maximum atomic E-state index is 12.0. The Bertz CT molecular complexity index is 1000. The summed E-state index contributed by atoms with van der Waals surface area (Å²) < 4.78 is 8.57. The largest absolute Gasteiger partial charge is 0.466 e. The number of aromatic nitrogens is 2. The standard InChI is InChI=1S/C19H17Br2N3O3/c1-2-27-18(26)7-6-17(25)22-14-5-3-4-12(8-14)16-11-24-10-13(20)9-15(21)19(24)23-16/h3-5,8-11H,2,6-7H2,1H3,(H,22,25). The van der Waals surface area contributed by atoms with Crippen molar-refractivity contribution in [3.8, 4) is 11.3 Å². The first-order valence-electron chi connectivity index (χ1n) is 8.36. The number of halogens is 2. The van der Waals surface area contributed by atoms with E-state index in [2.05, 4.69) is 42.2 Å². The fourth-order valence-electron chi connectivity index (χ4n) is 2.59. The molecule has 2 aromatic heterocycles. The molecule has 0 fully saturated rings. The second-order valence-corrected chi connectivity index (χ2v) is 7.57. The summed E-state index contributed by atoms with van der Waals surface area (Å²) in [5.41, 5.74) is 3.12. The molecule has 2 heterocycles. The maximum Gasteiger partial charge on any atom is 0.306 e. The molecule has 0 spiro atoms. The summed E-state index contributed by atoms with van der Waals surface area (Å²) in [5, 5.41) is 2.81. The van der Waals surface area contributed by atoms with E-state index in [9.17, 15) is 9.59 Å². The van der Waals surface area contributed by atoms with Gasteiger partial charge in [0.05, 0.1) is 23.2 Å². The molecule has 0 atom stereocenters. The fraction of sp³-hybridized carbons (Fsp3) is 0.211. The third-order valence-corrected chi connectivity index (χ3v) is 4.79. The highest BCUT2D eigenvalue weighted by Crippen LogP contribution is 2.27.